The second-order valence-electron chi connectivity index (χ2n) is 5.70. The minimum Gasteiger partial charge on any atom is -0.354 e. The fourth-order valence-corrected chi connectivity index (χ4v) is 3.17. The number of amides is 1. The number of nitrogens with two attached hydrogens (primary N) is 1. The molecule has 4 N–H and O–H groups in total. The van der Waals surface area contributed by atoms with Crippen molar-refractivity contribution >= 4 is 21.6 Å². The lowest BCUT2D eigenvalue weighted by atomic mass is 10.2. The Labute approximate surface area is 139 Å². The van der Waals surface area contributed by atoms with Crippen molar-refractivity contribution in [2.75, 3.05) is 13.1 Å². The van der Waals surface area contributed by atoms with Crippen LogP contribution in [0, 0.1) is 16.0 Å². The molecule has 0 bridgehead atoms. The Morgan fingerprint density at radius 3 is 2.50 bits per heavy atom. The molecular weight excluding hydrogens is 336 g/mol. The lowest BCUT2D eigenvalue weighted by molar-refractivity contribution is -0.384. The van der Waals surface area contributed by atoms with E-state index in [1.807, 2.05) is 0 Å². The third kappa shape index (κ3) is 5.25. The van der Waals surface area contributed by atoms with Crippen LogP contribution >= 0.6 is 0 Å². The average Bonchev–Trinajstić information content (AvgIpc) is 3.37. The number of sulfonamides is 1. The van der Waals surface area contributed by atoms with Crippen LogP contribution in [0.25, 0.3) is 0 Å². The molecule has 0 spiro atoms. The van der Waals surface area contributed by atoms with Crippen LogP contribution in [0.15, 0.2) is 29.2 Å². The molecule has 1 aromatic carbocycles. The second kappa shape index (κ2) is 7.69. The maximum Gasteiger partial charge on any atom is 0.269 e. The van der Waals surface area contributed by atoms with Gasteiger partial charge in [0.05, 0.1) is 9.82 Å². The van der Waals surface area contributed by atoms with E-state index in [4.69, 9.17) is 5.73 Å². The monoisotopic (exact) mass is 356 g/mol. The minimum atomic E-state index is -3.81. The molecule has 1 fully saturated rings. The van der Waals surface area contributed by atoms with Gasteiger partial charge in [-0.2, -0.15) is 0 Å². The zero-order chi connectivity index (χ0) is 17.7. The van der Waals surface area contributed by atoms with Crippen molar-refractivity contribution < 1.29 is 18.1 Å². The Kier molecular flexibility index (Phi) is 5.86. The topological polar surface area (TPSA) is 144 Å². The summed E-state index contributed by atoms with van der Waals surface area (Å²) in [7, 11) is -3.81. The number of carbonyl (C=O) groups excluding carboxylic acids is 1. The molecule has 132 valence electrons. The number of hydrogen-bond donors (Lipinski definition) is 3. The number of nitrogens with zero attached hydrogens (tertiary/aromatic N) is 1. The Morgan fingerprint density at radius 1 is 1.33 bits per heavy atom. The molecule has 1 saturated carbocycles. The summed E-state index contributed by atoms with van der Waals surface area (Å²) in [6.45, 7) is 0.322. The van der Waals surface area contributed by atoms with Crippen LogP contribution in [0.2, 0.25) is 0 Å². The van der Waals surface area contributed by atoms with Crippen LogP contribution in [-0.4, -0.2) is 38.4 Å². The van der Waals surface area contributed by atoms with Gasteiger partial charge in [-0.1, -0.05) is 0 Å². The first kappa shape index (κ1) is 18.3. The number of carbonyl (C=O) groups is 1. The molecule has 10 heteroatoms. The smallest absolute Gasteiger partial charge is 0.269 e. The number of benzene rings is 1. The summed E-state index contributed by atoms with van der Waals surface area (Å²) in [5, 5.41) is 13.2. The standard InChI is InChI=1S/C14H20N4O5S/c15-13(10-1-2-10)9-16-14(19)7-8-17-24(22,23)12-5-3-11(4-6-12)18(20)21/h3-6,10,13,17H,1-2,7-9,15H2,(H,16,19). The lowest BCUT2D eigenvalue weighted by Crippen LogP contribution is -2.39. The van der Waals surface area contributed by atoms with Crippen LogP contribution in [0.5, 0.6) is 0 Å². The second-order valence-corrected chi connectivity index (χ2v) is 7.47. The van der Waals surface area contributed by atoms with Crippen LogP contribution in [0.4, 0.5) is 5.69 Å². The van der Waals surface area contributed by atoms with Gasteiger partial charge in [-0.05, 0) is 30.9 Å². The third-order valence-corrected chi connectivity index (χ3v) is 5.24. The normalized spacial score (nSPS) is 15.7. The molecule has 0 aliphatic heterocycles. The van der Waals surface area contributed by atoms with Crippen LogP contribution in [-0.2, 0) is 14.8 Å². The molecule has 1 aliphatic carbocycles. The van der Waals surface area contributed by atoms with E-state index in [9.17, 15) is 23.3 Å². The van der Waals surface area contributed by atoms with Crippen molar-refractivity contribution in [2.24, 2.45) is 11.7 Å². The third-order valence-electron chi connectivity index (χ3n) is 3.76. The Balaban J connectivity index is 1.77. The highest BCUT2D eigenvalue weighted by Crippen LogP contribution is 2.31. The molecule has 1 atom stereocenters. The molecule has 1 amide bonds. The molecule has 9 nitrogen and oxygen atoms in total. The van der Waals surface area contributed by atoms with Gasteiger partial charge in [0.25, 0.3) is 5.69 Å². The number of nitro groups is 1. The van der Waals surface area contributed by atoms with E-state index >= 15 is 0 Å². The van der Waals surface area contributed by atoms with E-state index in [1.165, 1.54) is 0 Å². The summed E-state index contributed by atoms with van der Waals surface area (Å²) in [6.07, 6.45) is 2.17. The molecule has 1 unspecified atom stereocenters. The Morgan fingerprint density at radius 2 is 1.96 bits per heavy atom. The highest BCUT2D eigenvalue weighted by atomic mass is 32.2. The van der Waals surface area contributed by atoms with Crippen LogP contribution in [0.1, 0.15) is 19.3 Å². The van der Waals surface area contributed by atoms with Gasteiger partial charge in [0.15, 0.2) is 0 Å². The summed E-state index contributed by atoms with van der Waals surface area (Å²) < 4.78 is 26.3. The van der Waals surface area contributed by atoms with Crippen molar-refractivity contribution in [3.63, 3.8) is 0 Å². The molecule has 0 heterocycles. The molecule has 0 aromatic heterocycles. The quantitative estimate of drug-likeness (QED) is 0.423. The van der Waals surface area contributed by atoms with Gasteiger partial charge in [0.1, 0.15) is 0 Å². The zero-order valence-corrected chi connectivity index (χ0v) is 13.8. The van der Waals surface area contributed by atoms with E-state index in [2.05, 4.69) is 10.0 Å². The van der Waals surface area contributed by atoms with Crippen molar-refractivity contribution in [3.8, 4) is 0 Å². The van der Waals surface area contributed by atoms with E-state index in [1.54, 1.807) is 0 Å². The largest absolute Gasteiger partial charge is 0.354 e. The number of non-ortho nitro benzene ring substituents is 1. The Hall–Kier alpha value is -2.04. The molecule has 1 aromatic rings. The number of nitro benzene ring substituents is 1. The van der Waals surface area contributed by atoms with Crippen LogP contribution in [0.3, 0.4) is 0 Å². The first-order valence-electron chi connectivity index (χ1n) is 7.56. The summed E-state index contributed by atoms with van der Waals surface area (Å²) in [4.78, 5) is 21.5. The lowest BCUT2D eigenvalue weighted by Gasteiger charge is -2.11. The van der Waals surface area contributed by atoms with Gasteiger partial charge >= 0.3 is 0 Å². The van der Waals surface area contributed by atoms with Gasteiger partial charge in [0.2, 0.25) is 15.9 Å². The van der Waals surface area contributed by atoms with Crippen molar-refractivity contribution in [1.82, 2.24) is 10.0 Å². The highest BCUT2D eigenvalue weighted by molar-refractivity contribution is 7.89. The number of rotatable bonds is 9. The van der Waals surface area contributed by atoms with Gasteiger partial charge in [-0.15, -0.1) is 0 Å². The predicted octanol–water partition coefficient (Wildman–Crippen LogP) is 0.117. The van der Waals surface area contributed by atoms with E-state index < -0.39 is 14.9 Å². The molecule has 24 heavy (non-hydrogen) atoms. The fourth-order valence-electron chi connectivity index (χ4n) is 2.14. The number of nitrogens with one attached hydrogen (secondary N) is 2. The zero-order valence-electron chi connectivity index (χ0n) is 13.0. The van der Waals surface area contributed by atoms with E-state index in [0.29, 0.717) is 12.5 Å². The van der Waals surface area contributed by atoms with Crippen molar-refractivity contribution in [1.29, 1.82) is 0 Å². The van der Waals surface area contributed by atoms with Gasteiger partial charge in [-0.3, -0.25) is 14.9 Å². The summed E-state index contributed by atoms with van der Waals surface area (Å²) >= 11 is 0. The average molecular weight is 356 g/mol. The maximum atomic E-state index is 12.0. The molecule has 2 rings (SSSR count). The molecular formula is C14H20N4O5S. The molecule has 0 radical (unpaired) electrons. The van der Waals surface area contributed by atoms with E-state index in [0.717, 1.165) is 37.1 Å². The van der Waals surface area contributed by atoms with Gasteiger partial charge in [0, 0.05) is 37.7 Å². The van der Waals surface area contributed by atoms with Crippen molar-refractivity contribution in [3.05, 3.63) is 34.4 Å². The van der Waals surface area contributed by atoms with Crippen molar-refractivity contribution in [2.45, 2.75) is 30.2 Å². The predicted molar refractivity (Wildman–Crippen MR) is 86.6 cm³/mol. The van der Waals surface area contributed by atoms with Gasteiger partial charge in [-0.25, -0.2) is 13.1 Å². The summed E-state index contributed by atoms with van der Waals surface area (Å²) in [6, 6.07) is 4.47. The molecule has 1 aliphatic rings. The fraction of sp³-hybridized carbons (Fsp3) is 0.500. The first-order valence-corrected chi connectivity index (χ1v) is 9.04. The summed E-state index contributed by atoms with van der Waals surface area (Å²) in [5.74, 6) is 0.198. The molecule has 0 saturated heterocycles. The van der Waals surface area contributed by atoms with Crippen LogP contribution < -0.4 is 15.8 Å². The first-order chi connectivity index (χ1) is 11.3. The highest BCUT2D eigenvalue weighted by Gasteiger charge is 2.28. The Bertz CT molecular complexity index is 700. The maximum absolute atomic E-state index is 12.0. The minimum absolute atomic E-state index is 0.0103. The van der Waals surface area contributed by atoms with E-state index in [-0.39, 0.29) is 35.5 Å². The van der Waals surface area contributed by atoms with Gasteiger partial charge < -0.3 is 11.1 Å². The number of hydrogen-bond acceptors (Lipinski definition) is 6. The SMILES string of the molecule is NC(CNC(=O)CCNS(=O)(=O)c1ccc([N+](=O)[O-])cc1)C1CC1. The summed E-state index contributed by atoms with van der Waals surface area (Å²) in [5.41, 5.74) is 5.67.